The third-order valence-electron chi connectivity index (χ3n) is 4.26. The number of carbonyl (C=O) groups is 2. The highest BCUT2D eigenvalue weighted by atomic mass is 35.5. The lowest BCUT2D eigenvalue weighted by Gasteiger charge is -2.27. The molecule has 7 nitrogen and oxygen atoms in total. The number of ether oxygens (including phenoxy) is 1. The number of sulfone groups is 1. The molecule has 0 unspecified atom stereocenters. The first-order valence-corrected chi connectivity index (χ1v) is 10.2. The van der Waals surface area contributed by atoms with E-state index in [4.69, 9.17) is 16.3 Å². The van der Waals surface area contributed by atoms with E-state index in [1.165, 1.54) is 18.2 Å². The molecule has 1 aromatic carbocycles. The summed E-state index contributed by atoms with van der Waals surface area (Å²) in [5.41, 5.74) is 0.0510. The summed E-state index contributed by atoms with van der Waals surface area (Å²) in [4.78, 5) is 24.2. The highest BCUT2D eigenvalue weighted by Gasteiger charge is 2.37. The normalized spacial score (nSPS) is 22.2. The molecule has 0 radical (unpaired) electrons. The number of amides is 1. The summed E-state index contributed by atoms with van der Waals surface area (Å²) in [6.07, 6.45) is 0.397. The number of carbonyl (C=O) groups excluding carboxylic acids is 2. The van der Waals surface area contributed by atoms with Crippen molar-refractivity contribution in [1.82, 2.24) is 5.01 Å². The lowest BCUT2D eigenvalue weighted by molar-refractivity contribution is -0.138. The molecular weight excluding hydrogens is 387 g/mol. The third kappa shape index (κ3) is 4.04. The van der Waals surface area contributed by atoms with Gasteiger partial charge in [0, 0.05) is 18.4 Å². The van der Waals surface area contributed by atoms with E-state index in [2.05, 4.69) is 5.10 Å². The van der Waals surface area contributed by atoms with Crippen LogP contribution in [-0.2, 0) is 30.8 Å². The summed E-state index contributed by atoms with van der Waals surface area (Å²) >= 11 is 5.88. The molecular formula is C16H16ClFN2O5S. The first-order chi connectivity index (χ1) is 12.3. The van der Waals surface area contributed by atoms with Crippen LogP contribution in [-0.4, -0.2) is 48.6 Å². The maximum Gasteiger partial charge on any atom is 0.354 e. The Morgan fingerprint density at radius 3 is 2.81 bits per heavy atom. The van der Waals surface area contributed by atoms with Crippen molar-refractivity contribution in [2.24, 2.45) is 5.10 Å². The molecule has 2 heterocycles. The van der Waals surface area contributed by atoms with E-state index >= 15 is 0 Å². The predicted molar refractivity (Wildman–Crippen MR) is 91.8 cm³/mol. The summed E-state index contributed by atoms with van der Waals surface area (Å²) < 4.78 is 42.0. The third-order valence-corrected chi connectivity index (χ3v) is 6.36. The van der Waals surface area contributed by atoms with Crippen LogP contribution in [0.3, 0.4) is 0 Å². The molecule has 10 heteroatoms. The van der Waals surface area contributed by atoms with E-state index in [1.807, 2.05) is 0 Å². The van der Waals surface area contributed by atoms with Crippen LogP contribution in [0.4, 0.5) is 4.39 Å². The molecule has 26 heavy (non-hydrogen) atoms. The summed E-state index contributed by atoms with van der Waals surface area (Å²) in [5.74, 6) is -1.90. The molecule has 0 N–H and O–H groups in total. The molecule has 2 aliphatic heterocycles. The molecule has 1 atom stereocenters. The number of esters is 1. The monoisotopic (exact) mass is 402 g/mol. The fraction of sp³-hybridized carbons (Fsp3) is 0.438. The second kappa shape index (κ2) is 7.32. The molecule has 1 saturated heterocycles. The van der Waals surface area contributed by atoms with E-state index < -0.39 is 27.7 Å². The van der Waals surface area contributed by atoms with E-state index in [-0.39, 0.29) is 59.6 Å². The van der Waals surface area contributed by atoms with Gasteiger partial charge >= 0.3 is 5.97 Å². The van der Waals surface area contributed by atoms with Crippen molar-refractivity contribution in [3.63, 3.8) is 0 Å². The van der Waals surface area contributed by atoms with Crippen molar-refractivity contribution in [1.29, 1.82) is 0 Å². The summed E-state index contributed by atoms with van der Waals surface area (Å²) in [6.45, 7) is -0.366. The van der Waals surface area contributed by atoms with E-state index in [0.717, 1.165) is 5.01 Å². The van der Waals surface area contributed by atoms with Crippen LogP contribution >= 0.6 is 11.6 Å². The summed E-state index contributed by atoms with van der Waals surface area (Å²) in [5, 5.41) is 5.21. The van der Waals surface area contributed by atoms with Crippen molar-refractivity contribution in [3.8, 4) is 0 Å². The Balaban J connectivity index is 1.70. The van der Waals surface area contributed by atoms with Gasteiger partial charge in [-0.05, 0) is 18.6 Å². The summed E-state index contributed by atoms with van der Waals surface area (Å²) in [6, 6.07) is 3.55. The quantitative estimate of drug-likeness (QED) is 0.714. The van der Waals surface area contributed by atoms with Crippen LogP contribution < -0.4 is 0 Å². The Morgan fingerprint density at radius 1 is 1.38 bits per heavy atom. The van der Waals surface area contributed by atoms with Crippen LogP contribution in [0.1, 0.15) is 24.8 Å². The number of hydrazone groups is 1. The molecule has 1 amide bonds. The van der Waals surface area contributed by atoms with Crippen molar-refractivity contribution in [2.75, 3.05) is 11.5 Å². The smallest absolute Gasteiger partial charge is 0.354 e. The molecule has 0 bridgehead atoms. The Kier molecular flexibility index (Phi) is 5.29. The van der Waals surface area contributed by atoms with Crippen LogP contribution in [0, 0.1) is 5.82 Å². The minimum atomic E-state index is -3.20. The van der Waals surface area contributed by atoms with Crippen molar-refractivity contribution in [3.05, 3.63) is 34.6 Å². The predicted octanol–water partition coefficient (Wildman–Crippen LogP) is 1.69. The van der Waals surface area contributed by atoms with Gasteiger partial charge in [0.1, 0.15) is 18.1 Å². The van der Waals surface area contributed by atoms with E-state index in [1.54, 1.807) is 0 Å². The number of hydrogen-bond acceptors (Lipinski definition) is 6. The Morgan fingerprint density at radius 2 is 2.15 bits per heavy atom. The second-order valence-corrected chi connectivity index (χ2v) is 8.75. The maximum absolute atomic E-state index is 13.7. The van der Waals surface area contributed by atoms with Gasteiger partial charge in [-0.1, -0.05) is 17.7 Å². The topological polar surface area (TPSA) is 93.1 Å². The fourth-order valence-corrected chi connectivity index (χ4v) is 4.77. The average molecular weight is 403 g/mol. The highest BCUT2D eigenvalue weighted by molar-refractivity contribution is 7.91. The van der Waals surface area contributed by atoms with Crippen molar-refractivity contribution < 1.29 is 27.1 Å². The molecule has 140 valence electrons. The zero-order valence-corrected chi connectivity index (χ0v) is 15.2. The highest BCUT2D eigenvalue weighted by Crippen LogP contribution is 2.23. The summed E-state index contributed by atoms with van der Waals surface area (Å²) in [7, 11) is -3.20. The average Bonchev–Trinajstić information content (AvgIpc) is 2.94. The number of halogens is 2. The second-order valence-electron chi connectivity index (χ2n) is 6.12. The minimum absolute atomic E-state index is 0.00126. The number of rotatable bonds is 4. The molecule has 0 aromatic heterocycles. The van der Waals surface area contributed by atoms with Gasteiger partial charge in [-0.25, -0.2) is 22.6 Å². The van der Waals surface area contributed by atoms with Crippen LogP contribution in [0.25, 0.3) is 0 Å². The van der Waals surface area contributed by atoms with Crippen molar-refractivity contribution in [2.45, 2.75) is 31.9 Å². The molecule has 3 rings (SSSR count). The lowest BCUT2D eigenvalue weighted by Crippen LogP contribution is -2.42. The number of benzene rings is 1. The van der Waals surface area contributed by atoms with Gasteiger partial charge in [0.15, 0.2) is 9.84 Å². The van der Waals surface area contributed by atoms with E-state index in [0.29, 0.717) is 0 Å². The SMILES string of the molecule is O=C(OCc1c(F)cccc1Cl)C1=NN([C@@H]2CCS(=O)(=O)C2)C(=O)CC1. The molecule has 0 spiro atoms. The molecule has 0 saturated carbocycles. The van der Waals surface area contributed by atoms with Crippen LogP contribution in [0.2, 0.25) is 5.02 Å². The van der Waals surface area contributed by atoms with Gasteiger partial charge in [-0.3, -0.25) is 4.79 Å². The van der Waals surface area contributed by atoms with Gasteiger partial charge in [0.25, 0.3) is 0 Å². The maximum atomic E-state index is 13.7. The Hall–Kier alpha value is -2.00. The zero-order chi connectivity index (χ0) is 18.9. The molecule has 1 fully saturated rings. The van der Waals surface area contributed by atoms with Crippen LogP contribution in [0.15, 0.2) is 23.3 Å². The molecule has 2 aliphatic rings. The fourth-order valence-electron chi connectivity index (χ4n) is 2.86. The van der Waals surface area contributed by atoms with E-state index in [9.17, 15) is 22.4 Å². The van der Waals surface area contributed by atoms with Gasteiger partial charge in [-0.15, -0.1) is 0 Å². The largest absolute Gasteiger partial charge is 0.456 e. The molecule has 1 aromatic rings. The van der Waals surface area contributed by atoms with Crippen LogP contribution in [0.5, 0.6) is 0 Å². The van der Waals surface area contributed by atoms with Gasteiger partial charge in [0.05, 0.1) is 22.6 Å². The minimum Gasteiger partial charge on any atom is -0.456 e. The van der Waals surface area contributed by atoms with Gasteiger partial charge in [0.2, 0.25) is 5.91 Å². The zero-order valence-electron chi connectivity index (χ0n) is 13.7. The number of nitrogens with zero attached hydrogens (tertiary/aromatic N) is 2. The Labute approximate surface area is 154 Å². The lowest BCUT2D eigenvalue weighted by atomic mass is 10.1. The van der Waals surface area contributed by atoms with Gasteiger partial charge < -0.3 is 4.74 Å². The number of hydrogen-bond donors (Lipinski definition) is 0. The first-order valence-electron chi connectivity index (χ1n) is 7.97. The van der Waals surface area contributed by atoms with Crippen molar-refractivity contribution >= 4 is 39.0 Å². The molecule has 0 aliphatic carbocycles. The van der Waals surface area contributed by atoms with Gasteiger partial charge in [-0.2, -0.15) is 5.10 Å². The standard InChI is InChI=1S/C16H16ClFN2O5S/c17-12-2-1-3-13(18)11(12)8-25-16(22)14-4-5-15(21)20(19-14)10-6-7-26(23,24)9-10/h1-3,10H,4-9H2/t10-/m1/s1. The first kappa shape index (κ1) is 18.8. The Bertz CT molecular complexity index is 866.